The third kappa shape index (κ3) is 2.94. The summed E-state index contributed by atoms with van der Waals surface area (Å²) in [4.78, 5) is 10.6. The Morgan fingerprint density at radius 1 is 1.44 bits per heavy atom. The molecule has 0 radical (unpaired) electrons. The van der Waals surface area contributed by atoms with Crippen molar-refractivity contribution < 1.29 is 9.90 Å². The number of nitrogens with zero attached hydrogens (tertiary/aromatic N) is 2. The molecule has 94 valence electrons. The van der Waals surface area contributed by atoms with E-state index in [0.717, 1.165) is 10.8 Å². The maximum atomic E-state index is 10.6. The Bertz CT molecular complexity index is 551. The van der Waals surface area contributed by atoms with Gasteiger partial charge in [-0.2, -0.15) is 5.10 Å². The molecule has 1 atom stereocenters. The van der Waals surface area contributed by atoms with Crippen molar-refractivity contribution >= 4 is 22.6 Å². The van der Waals surface area contributed by atoms with E-state index < -0.39 is 5.97 Å². The fourth-order valence-electron chi connectivity index (χ4n) is 1.80. The SMILES string of the molecule is CC(CNc1nncc2ccccc12)CC(=O)O. The first-order chi connectivity index (χ1) is 8.66. The van der Waals surface area contributed by atoms with Crippen LogP contribution in [0.2, 0.25) is 0 Å². The number of carboxylic acids is 1. The van der Waals surface area contributed by atoms with E-state index in [0.29, 0.717) is 12.4 Å². The fraction of sp³-hybridized carbons (Fsp3) is 0.308. The Morgan fingerprint density at radius 3 is 3.00 bits per heavy atom. The molecule has 2 N–H and O–H groups in total. The molecule has 0 amide bonds. The number of fused-ring (bicyclic) bond motifs is 1. The van der Waals surface area contributed by atoms with Gasteiger partial charge in [-0.25, -0.2) is 0 Å². The van der Waals surface area contributed by atoms with E-state index in [1.807, 2.05) is 31.2 Å². The van der Waals surface area contributed by atoms with Gasteiger partial charge in [0.25, 0.3) is 0 Å². The summed E-state index contributed by atoms with van der Waals surface area (Å²) < 4.78 is 0. The molecule has 1 unspecified atom stereocenters. The van der Waals surface area contributed by atoms with Crippen LogP contribution in [0.3, 0.4) is 0 Å². The predicted molar refractivity (Wildman–Crippen MR) is 69.4 cm³/mol. The highest BCUT2D eigenvalue weighted by Gasteiger charge is 2.09. The standard InChI is InChI=1S/C13H15N3O2/c1-9(6-12(17)18)7-14-13-11-5-3-2-4-10(11)8-15-16-13/h2-5,8-9H,6-7H2,1H3,(H,14,16)(H,17,18). The predicted octanol–water partition coefficient (Wildman–Crippen LogP) is 2.15. The summed E-state index contributed by atoms with van der Waals surface area (Å²) in [5.41, 5.74) is 0. The summed E-state index contributed by atoms with van der Waals surface area (Å²) in [6.07, 6.45) is 1.85. The van der Waals surface area contributed by atoms with E-state index >= 15 is 0 Å². The molecular weight excluding hydrogens is 230 g/mol. The van der Waals surface area contributed by atoms with Crippen LogP contribution in [0.5, 0.6) is 0 Å². The third-order valence-electron chi connectivity index (χ3n) is 2.71. The van der Waals surface area contributed by atoms with Crippen molar-refractivity contribution in [2.75, 3.05) is 11.9 Å². The summed E-state index contributed by atoms with van der Waals surface area (Å²) in [7, 11) is 0. The smallest absolute Gasteiger partial charge is 0.303 e. The van der Waals surface area contributed by atoms with Crippen molar-refractivity contribution in [3.05, 3.63) is 30.5 Å². The molecular formula is C13H15N3O2. The van der Waals surface area contributed by atoms with Gasteiger partial charge in [0.1, 0.15) is 0 Å². The molecule has 0 fully saturated rings. The molecule has 0 saturated carbocycles. The van der Waals surface area contributed by atoms with E-state index in [2.05, 4.69) is 15.5 Å². The van der Waals surface area contributed by atoms with Crippen molar-refractivity contribution in [2.45, 2.75) is 13.3 Å². The van der Waals surface area contributed by atoms with E-state index in [1.165, 1.54) is 0 Å². The lowest BCUT2D eigenvalue weighted by Crippen LogP contribution is -2.15. The molecule has 0 spiro atoms. The molecule has 0 aliphatic heterocycles. The Morgan fingerprint density at radius 2 is 2.22 bits per heavy atom. The van der Waals surface area contributed by atoms with Gasteiger partial charge in [0.2, 0.25) is 0 Å². The second kappa shape index (κ2) is 5.44. The first-order valence-electron chi connectivity index (χ1n) is 5.83. The van der Waals surface area contributed by atoms with Crippen LogP contribution in [0.4, 0.5) is 5.82 Å². The van der Waals surface area contributed by atoms with Crippen LogP contribution in [0.1, 0.15) is 13.3 Å². The molecule has 0 aliphatic rings. The van der Waals surface area contributed by atoms with Gasteiger partial charge in [-0.15, -0.1) is 5.10 Å². The number of benzene rings is 1. The van der Waals surface area contributed by atoms with Gasteiger partial charge in [-0.05, 0) is 5.92 Å². The van der Waals surface area contributed by atoms with Crippen LogP contribution in [0, 0.1) is 5.92 Å². The number of carboxylic acid groups (broad SMARTS) is 1. The zero-order valence-corrected chi connectivity index (χ0v) is 10.1. The highest BCUT2D eigenvalue weighted by molar-refractivity contribution is 5.90. The summed E-state index contributed by atoms with van der Waals surface area (Å²) >= 11 is 0. The monoisotopic (exact) mass is 245 g/mol. The zero-order valence-electron chi connectivity index (χ0n) is 10.1. The molecule has 2 aromatic rings. The number of hydrogen-bond acceptors (Lipinski definition) is 4. The molecule has 5 nitrogen and oxygen atoms in total. The highest BCUT2D eigenvalue weighted by Crippen LogP contribution is 2.19. The number of aliphatic carboxylic acids is 1. The normalized spacial score (nSPS) is 12.3. The van der Waals surface area contributed by atoms with Crippen LogP contribution >= 0.6 is 0 Å². The average molecular weight is 245 g/mol. The maximum Gasteiger partial charge on any atom is 0.303 e. The Hall–Kier alpha value is -2.17. The second-order valence-electron chi connectivity index (χ2n) is 4.36. The number of hydrogen-bond donors (Lipinski definition) is 2. The van der Waals surface area contributed by atoms with E-state index in [9.17, 15) is 4.79 Å². The highest BCUT2D eigenvalue weighted by atomic mass is 16.4. The average Bonchev–Trinajstić information content (AvgIpc) is 2.35. The van der Waals surface area contributed by atoms with Crippen molar-refractivity contribution in [3.8, 4) is 0 Å². The van der Waals surface area contributed by atoms with Gasteiger partial charge in [0, 0.05) is 23.7 Å². The van der Waals surface area contributed by atoms with Gasteiger partial charge < -0.3 is 10.4 Å². The summed E-state index contributed by atoms with van der Waals surface area (Å²) in [6.45, 7) is 2.45. The fourth-order valence-corrected chi connectivity index (χ4v) is 1.80. The molecule has 1 aromatic carbocycles. The number of anilines is 1. The molecule has 1 aromatic heterocycles. The summed E-state index contributed by atoms with van der Waals surface area (Å²) in [6, 6.07) is 7.82. The van der Waals surface area contributed by atoms with Crippen LogP contribution in [0.15, 0.2) is 30.5 Å². The Kier molecular flexibility index (Phi) is 3.72. The molecule has 18 heavy (non-hydrogen) atoms. The molecule has 0 saturated heterocycles. The van der Waals surface area contributed by atoms with Crippen molar-refractivity contribution in [3.63, 3.8) is 0 Å². The summed E-state index contributed by atoms with van der Waals surface area (Å²) in [5.74, 6) is -0.0399. The minimum Gasteiger partial charge on any atom is -0.481 e. The van der Waals surface area contributed by atoms with Crippen molar-refractivity contribution in [2.24, 2.45) is 5.92 Å². The van der Waals surface area contributed by atoms with E-state index in [-0.39, 0.29) is 12.3 Å². The first-order valence-corrected chi connectivity index (χ1v) is 5.83. The quantitative estimate of drug-likeness (QED) is 0.844. The van der Waals surface area contributed by atoms with Gasteiger partial charge in [0.15, 0.2) is 5.82 Å². The van der Waals surface area contributed by atoms with Crippen molar-refractivity contribution in [1.29, 1.82) is 0 Å². The molecule has 1 heterocycles. The zero-order chi connectivity index (χ0) is 13.0. The molecule has 0 bridgehead atoms. The lowest BCUT2D eigenvalue weighted by atomic mass is 10.1. The second-order valence-corrected chi connectivity index (χ2v) is 4.36. The van der Waals surface area contributed by atoms with Gasteiger partial charge >= 0.3 is 5.97 Å². The topological polar surface area (TPSA) is 75.1 Å². The minimum absolute atomic E-state index is 0.0447. The van der Waals surface area contributed by atoms with Crippen LogP contribution in [-0.4, -0.2) is 27.8 Å². The van der Waals surface area contributed by atoms with Crippen LogP contribution < -0.4 is 5.32 Å². The Balaban J connectivity index is 2.10. The van der Waals surface area contributed by atoms with Crippen LogP contribution in [-0.2, 0) is 4.79 Å². The van der Waals surface area contributed by atoms with Crippen LogP contribution in [0.25, 0.3) is 10.8 Å². The minimum atomic E-state index is -0.784. The van der Waals surface area contributed by atoms with E-state index in [4.69, 9.17) is 5.11 Å². The Labute approximate surface area is 105 Å². The molecule has 0 aliphatic carbocycles. The van der Waals surface area contributed by atoms with Gasteiger partial charge in [-0.1, -0.05) is 31.2 Å². The molecule has 2 rings (SSSR count). The first kappa shape index (κ1) is 12.3. The maximum absolute atomic E-state index is 10.6. The lowest BCUT2D eigenvalue weighted by molar-refractivity contribution is -0.137. The number of nitrogens with one attached hydrogen (secondary N) is 1. The largest absolute Gasteiger partial charge is 0.481 e. The van der Waals surface area contributed by atoms with Crippen molar-refractivity contribution in [1.82, 2.24) is 10.2 Å². The van der Waals surface area contributed by atoms with Gasteiger partial charge in [0.05, 0.1) is 6.20 Å². The number of aromatic nitrogens is 2. The lowest BCUT2D eigenvalue weighted by Gasteiger charge is -2.11. The molecule has 5 heteroatoms. The third-order valence-corrected chi connectivity index (χ3v) is 2.71. The summed E-state index contributed by atoms with van der Waals surface area (Å²) in [5, 5.41) is 21.8. The van der Waals surface area contributed by atoms with Gasteiger partial charge in [-0.3, -0.25) is 4.79 Å². The number of rotatable bonds is 5. The number of carbonyl (C=O) groups is 1. The van der Waals surface area contributed by atoms with E-state index in [1.54, 1.807) is 6.20 Å².